The maximum absolute atomic E-state index is 12.0. The third-order valence-electron chi connectivity index (χ3n) is 6.02. The first-order chi connectivity index (χ1) is 12.7. The lowest BCUT2D eigenvalue weighted by Crippen LogP contribution is -2.53. The van der Waals surface area contributed by atoms with Gasteiger partial charge in [0.2, 0.25) is 0 Å². The van der Waals surface area contributed by atoms with E-state index in [1.807, 2.05) is 0 Å². The number of hydrogen-bond donors (Lipinski definition) is 1. The van der Waals surface area contributed by atoms with E-state index in [-0.39, 0.29) is 12.1 Å². The van der Waals surface area contributed by atoms with Crippen LogP contribution in [-0.2, 0) is 9.47 Å². The minimum Gasteiger partial charge on any atom is -0.465 e. The van der Waals surface area contributed by atoms with Crippen LogP contribution in [0.4, 0.5) is 5.82 Å². The fourth-order valence-electron chi connectivity index (χ4n) is 4.71. The zero-order chi connectivity index (χ0) is 18.1. The summed E-state index contributed by atoms with van der Waals surface area (Å²) in [5.74, 6) is 1.13. The number of aromatic nitrogens is 2. The number of aliphatic hydroxyl groups is 1. The van der Waals surface area contributed by atoms with Crippen molar-refractivity contribution in [3.05, 3.63) is 18.1 Å². The van der Waals surface area contributed by atoms with Crippen LogP contribution in [-0.4, -0.2) is 84.6 Å². The van der Waals surface area contributed by atoms with Crippen molar-refractivity contribution in [2.24, 2.45) is 11.8 Å². The lowest BCUT2D eigenvalue weighted by molar-refractivity contribution is -0.0520. The van der Waals surface area contributed by atoms with E-state index < -0.39 is 5.97 Å². The standard InChI is InChI=1S/C18H26N4O4/c1-25-18(24)14-8-19-11-20-17(14)22-9-12-6-15(16(23)7-13(12)10-22)21-2-4-26-5-3-21/h8,11-13,15-16,23H,2-7,9-10H2,1H3/t12-,13+,15-,16-/m1/s1. The van der Waals surface area contributed by atoms with Crippen LogP contribution >= 0.6 is 0 Å². The van der Waals surface area contributed by atoms with Crippen molar-refractivity contribution in [3.63, 3.8) is 0 Å². The van der Waals surface area contributed by atoms with E-state index in [0.29, 0.717) is 23.2 Å². The predicted molar refractivity (Wildman–Crippen MR) is 94.0 cm³/mol. The molecule has 8 heteroatoms. The number of esters is 1. The van der Waals surface area contributed by atoms with Gasteiger partial charge in [-0.1, -0.05) is 0 Å². The Kier molecular flexibility index (Phi) is 5.06. The first kappa shape index (κ1) is 17.6. The molecule has 1 aromatic rings. The molecule has 1 aromatic heterocycles. The summed E-state index contributed by atoms with van der Waals surface area (Å²) in [5.41, 5.74) is 0.402. The van der Waals surface area contributed by atoms with Crippen LogP contribution in [0.5, 0.6) is 0 Å². The largest absolute Gasteiger partial charge is 0.465 e. The van der Waals surface area contributed by atoms with E-state index in [1.165, 1.54) is 19.6 Å². The van der Waals surface area contributed by atoms with Gasteiger partial charge in [-0.25, -0.2) is 14.8 Å². The molecule has 0 bridgehead atoms. The summed E-state index contributed by atoms with van der Waals surface area (Å²) in [6.45, 7) is 4.92. The molecule has 3 heterocycles. The minimum atomic E-state index is -0.415. The van der Waals surface area contributed by atoms with Crippen LogP contribution in [0.15, 0.2) is 12.5 Å². The van der Waals surface area contributed by atoms with Gasteiger partial charge in [0, 0.05) is 38.4 Å². The highest BCUT2D eigenvalue weighted by atomic mass is 16.5. The molecule has 0 amide bonds. The van der Waals surface area contributed by atoms with Crippen molar-refractivity contribution < 1.29 is 19.4 Å². The zero-order valence-corrected chi connectivity index (χ0v) is 15.1. The molecular weight excluding hydrogens is 336 g/mol. The molecule has 142 valence electrons. The van der Waals surface area contributed by atoms with Crippen LogP contribution in [0.3, 0.4) is 0 Å². The molecule has 4 rings (SSSR count). The second-order valence-corrected chi connectivity index (χ2v) is 7.43. The maximum atomic E-state index is 12.0. The second-order valence-electron chi connectivity index (χ2n) is 7.43. The molecule has 4 atom stereocenters. The SMILES string of the molecule is COC(=O)c1cncnc1N1C[C@H]2C[C@@H](N3CCOCC3)[C@H](O)C[C@H]2C1. The second kappa shape index (κ2) is 7.46. The van der Waals surface area contributed by atoms with Gasteiger partial charge in [-0.05, 0) is 24.7 Å². The molecule has 3 fully saturated rings. The van der Waals surface area contributed by atoms with E-state index in [4.69, 9.17) is 9.47 Å². The third-order valence-corrected chi connectivity index (χ3v) is 6.02. The summed E-state index contributed by atoms with van der Waals surface area (Å²) in [5, 5.41) is 10.7. The zero-order valence-electron chi connectivity index (χ0n) is 15.1. The summed E-state index contributed by atoms with van der Waals surface area (Å²) < 4.78 is 10.3. The smallest absolute Gasteiger partial charge is 0.343 e. The van der Waals surface area contributed by atoms with Crippen molar-refractivity contribution in [1.29, 1.82) is 0 Å². The number of morpholine rings is 1. The van der Waals surface area contributed by atoms with E-state index in [0.717, 1.165) is 52.2 Å². The Hall–Kier alpha value is -1.77. The molecule has 26 heavy (non-hydrogen) atoms. The van der Waals surface area contributed by atoms with E-state index >= 15 is 0 Å². The fourth-order valence-corrected chi connectivity index (χ4v) is 4.71. The maximum Gasteiger partial charge on any atom is 0.343 e. The number of carbonyl (C=O) groups is 1. The number of methoxy groups -OCH3 is 1. The summed E-state index contributed by atoms with van der Waals surface area (Å²) in [4.78, 5) is 24.9. The van der Waals surface area contributed by atoms with E-state index in [9.17, 15) is 9.90 Å². The molecule has 3 aliphatic rings. The van der Waals surface area contributed by atoms with E-state index in [1.54, 1.807) is 0 Å². The minimum absolute atomic E-state index is 0.200. The van der Waals surface area contributed by atoms with Gasteiger partial charge >= 0.3 is 5.97 Å². The van der Waals surface area contributed by atoms with Crippen LogP contribution < -0.4 is 4.90 Å². The molecular formula is C18H26N4O4. The van der Waals surface area contributed by atoms with Gasteiger partial charge in [0.25, 0.3) is 0 Å². The lowest BCUT2D eigenvalue weighted by Gasteiger charge is -2.43. The van der Waals surface area contributed by atoms with Crippen molar-refractivity contribution in [2.75, 3.05) is 51.4 Å². The van der Waals surface area contributed by atoms with Crippen LogP contribution in [0.25, 0.3) is 0 Å². The normalized spacial score (nSPS) is 32.3. The van der Waals surface area contributed by atoms with Crippen molar-refractivity contribution in [3.8, 4) is 0 Å². The number of aliphatic hydroxyl groups excluding tert-OH is 1. The van der Waals surface area contributed by atoms with Gasteiger partial charge in [-0.3, -0.25) is 4.90 Å². The van der Waals surface area contributed by atoms with Gasteiger partial charge < -0.3 is 19.5 Å². The summed E-state index contributed by atoms with van der Waals surface area (Å²) >= 11 is 0. The Bertz CT molecular complexity index is 652. The summed E-state index contributed by atoms with van der Waals surface area (Å²) in [7, 11) is 1.37. The number of rotatable bonds is 3. The molecule has 1 saturated carbocycles. The number of nitrogens with zero attached hydrogens (tertiary/aromatic N) is 4. The van der Waals surface area contributed by atoms with Crippen LogP contribution in [0.2, 0.25) is 0 Å². The Morgan fingerprint density at radius 2 is 2.00 bits per heavy atom. The first-order valence-corrected chi connectivity index (χ1v) is 9.30. The molecule has 0 aromatic carbocycles. The molecule has 0 radical (unpaired) electrons. The molecule has 0 spiro atoms. The van der Waals surface area contributed by atoms with Crippen LogP contribution in [0, 0.1) is 11.8 Å². The average Bonchev–Trinajstić information content (AvgIpc) is 3.10. The summed E-state index contributed by atoms with van der Waals surface area (Å²) in [6.07, 6.45) is 4.44. The fraction of sp³-hybridized carbons (Fsp3) is 0.722. The number of ether oxygens (including phenoxy) is 2. The Morgan fingerprint density at radius 1 is 1.27 bits per heavy atom. The molecule has 0 unspecified atom stereocenters. The molecule has 1 aliphatic carbocycles. The highest BCUT2D eigenvalue weighted by Crippen LogP contribution is 2.40. The van der Waals surface area contributed by atoms with Gasteiger partial charge in [0.15, 0.2) is 0 Å². The molecule has 8 nitrogen and oxygen atoms in total. The van der Waals surface area contributed by atoms with E-state index in [2.05, 4.69) is 19.8 Å². The number of hydrogen-bond acceptors (Lipinski definition) is 8. The molecule has 2 saturated heterocycles. The Labute approximate surface area is 153 Å². The van der Waals surface area contributed by atoms with Crippen molar-refractivity contribution >= 4 is 11.8 Å². The van der Waals surface area contributed by atoms with Crippen molar-refractivity contribution in [1.82, 2.24) is 14.9 Å². The van der Waals surface area contributed by atoms with Gasteiger partial charge in [0.05, 0.1) is 26.4 Å². The molecule has 1 N–H and O–H groups in total. The third kappa shape index (κ3) is 3.28. The quantitative estimate of drug-likeness (QED) is 0.762. The van der Waals surface area contributed by atoms with Gasteiger partial charge in [-0.15, -0.1) is 0 Å². The van der Waals surface area contributed by atoms with Gasteiger partial charge in [-0.2, -0.15) is 0 Å². The topological polar surface area (TPSA) is 88.0 Å². The Balaban J connectivity index is 1.49. The number of fused-ring (bicyclic) bond motifs is 1. The predicted octanol–water partition coefficient (Wildman–Crippen LogP) is 0.171. The number of carbonyl (C=O) groups excluding carboxylic acids is 1. The Morgan fingerprint density at radius 3 is 2.73 bits per heavy atom. The first-order valence-electron chi connectivity index (χ1n) is 9.30. The molecule has 2 aliphatic heterocycles. The summed E-state index contributed by atoms with van der Waals surface area (Å²) in [6, 6.07) is 0.200. The highest BCUT2D eigenvalue weighted by Gasteiger charge is 2.44. The average molecular weight is 362 g/mol. The number of anilines is 1. The lowest BCUT2D eigenvalue weighted by atomic mass is 9.77. The van der Waals surface area contributed by atoms with Crippen molar-refractivity contribution in [2.45, 2.75) is 25.0 Å². The van der Waals surface area contributed by atoms with Gasteiger partial charge in [0.1, 0.15) is 17.7 Å². The monoisotopic (exact) mass is 362 g/mol. The highest BCUT2D eigenvalue weighted by molar-refractivity contribution is 5.94. The van der Waals surface area contributed by atoms with Crippen LogP contribution in [0.1, 0.15) is 23.2 Å².